The zero-order valence-corrected chi connectivity index (χ0v) is 12.5. The highest BCUT2D eigenvalue weighted by Crippen LogP contribution is 2.34. The first kappa shape index (κ1) is 14.3. The first-order valence-electron chi connectivity index (χ1n) is 5.73. The number of aromatic nitrogens is 1. The van der Waals surface area contributed by atoms with Crippen LogP contribution in [-0.4, -0.2) is 17.0 Å². The average Bonchev–Trinajstić information content (AvgIpc) is 2.43. The summed E-state index contributed by atoms with van der Waals surface area (Å²) in [5.41, 5.74) is 1.73. The number of pyridine rings is 1. The van der Waals surface area contributed by atoms with Crippen LogP contribution in [-0.2, 0) is 0 Å². The van der Waals surface area contributed by atoms with E-state index in [-0.39, 0.29) is 5.69 Å². The van der Waals surface area contributed by atoms with Crippen molar-refractivity contribution in [1.82, 2.24) is 4.98 Å². The lowest BCUT2D eigenvalue weighted by Gasteiger charge is -2.11. The second kappa shape index (κ2) is 5.87. The van der Waals surface area contributed by atoms with Crippen molar-refractivity contribution >= 4 is 33.0 Å². The number of rotatable bonds is 4. The number of benzene rings is 1. The first-order valence-corrected chi connectivity index (χ1v) is 6.52. The third kappa shape index (κ3) is 2.88. The number of methoxy groups -OCH3 is 1. The van der Waals surface area contributed by atoms with E-state index in [4.69, 9.17) is 4.74 Å². The number of nitrogens with one attached hydrogen (secondary N) is 1. The van der Waals surface area contributed by atoms with Gasteiger partial charge < -0.3 is 10.1 Å². The van der Waals surface area contributed by atoms with Gasteiger partial charge in [-0.3, -0.25) is 10.1 Å². The fourth-order valence-corrected chi connectivity index (χ4v) is 2.05. The fraction of sp³-hybridized carbons (Fsp3) is 0.154. The number of ether oxygens (including phenoxy) is 1. The molecule has 0 atom stereocenters. The van der Waals surface area contributed by atoms with E-state index < -0.39 is 4.92 Å². The topological polar surface area (TPSA) is 77.3 Å². The summed E-state index contributed by atoms with van der Waals surface area (Å²) < 4.78 is 5.90. The maximum Gasteiger partial charge on any atom is 0.293 e. The van der Waals surface area contributed by atoms with Gasteiger partial charge in [-0.05, 0) is 30.7 Å². The van der Waals surface area contributed by atoms with Crippen molar-refractivity contribution < 1.29 is 9.66 Å². The lowest BCUT2D eigenvalue weighted by molar-refractivity contribution is -0.384. The summed E-state index contributed by atoms with van der Waals surface area (Å²) in [6.45, 7) is 1.80. The van der Waals surface area contributed by atoms with E-state index >= 15 is 0 Å². The Morgan fingerprint density at radius 2 is 2.15 bits per heavy atom. The molecule has 1 N–H and O–H groups in total. The van der Waals surface area contributed by atoms with Crippen LogP contribution in [0.25, 0.3) is 0 Å². The van der Waals surface area contributed by atoms with Gasteiger partial charge in [0.2, 0.25) is 5.88 Å². The van der Waals surface area contributed by atoms with Gasteiger partial charge in [0.05, 0.1) is 12.0 Å². The van der Waals surface area contributed by atoms with Crippen LogP contribution in [0.2, 0.25) is 0 Å². The summed E-state index contributed by atoms with van der Waals surface area (Å²) in [6, 6.07) is 6.64. The summed E-state index contributed by atoms with van der Waals surface area (Å²) >= 11 is 3.37. The lowest BCUT2D eigenvalue weighted by Crippen LogP contribution is -2.00. The van der Waals surface area contributed by atoms with Crippen LogP contribution in [0.3, 0.4) is 0 Å². The number of nitro benzene ring substituents is 1. The van der Waals surface area contributed by atoms with E-state index in [9.17, 15) is 10.1 Å². The summed E-state index contributed by atoms with van der Waals surface area (Å²) in [5.74, 6) is 0.374. The molecule has 0 saturated heterocycles. The van der Waals surface area contributed by atoms with Crippen molar-refractivity contribution in [2.75, 3.05) is 12.4 Å². The van der Waals surface area contributed by atoms with Crippen molar-refractivity contribution in [1.29, 1.82) is 0 Å². The van der Waals surface area contributed by atoms with Gasteiger partial charge in [0, 0.05) is 16.7 Å². The molecule has 0 aliphatic carbocycles. The molecule has 0 bridgehead atoms. The predicted molar refractivity (Wildman–Crippen MR) is 79.6 cm³/mol. The third-order valence-electron chi connectivity index (χ3n) is 2.71. The zero-order chi connectivity index (χ0) is 14.7. The fourth-order valence-electron chi connectivity index (χ4n) is 1.71. The molecule has 2 rings (SSSR count). The van der Waals surface area contributed by atoms with Gasteiger partial charge in [-0.25, -0.2) is 4.98 Å². The number of nitrogens with zero attached hydrogens (tertiary/aromatic N) is 2. The largest absolute Gasteiger partial charge is 0.480 e. The van der Waals surface area contributed by atoms with Crippen molar-refractivity contribution in [3.63, 3.8) is 0 Å². The molecule has 0 radical (unpaired) electrons. The Kier molecular flexibility index (Phi) is 4.19. The van der Waals surface area contributed by atoms with Crippen molar-refractivity contribution in [2.45, 2.75) is 6.92 Å². The van der Waals surface area contributed by atoms with Crippen LogP contribution in [0.1, 0.15) is 5.56 Å². The minimum atomic E-state index is -0.426. The minimum absolute atomic E-state index is 0.00314. The molecule has 20 heavy (non-hydrogen) atoms. The molecular weight excluding hydrogens is 326 g/mol. The van der Waals surface area contributed by atoms with E-state index in [1.165, 1.54) is 13.2 Å². The molecule has 0 unspecified atom stereocenters. The van der Waals surface area contributed by atoms with Gasteiger partial charge in [-0.2, -0.15) is 0 Å². The summed E-state index contributed by atoms with van der Waals surface area (Å²) in [7, 11) is 1.49. The summed E-state index contributed by atoms with van der Waals surface area (Å²) in [5, 5.41) is 14.1. The molecule has 2 aromatic rings. The van der Waals surface area contributed by atoms with Crippen molar-refractivity contribution in [3.8, 4) is 5.88 Å². The molecule has 104 valence electrons. The van der Waals surface area contributed by atoms with Crippen LogP contribution in [0, 0.1) is 17.0 Å². The number of aryl methyl sites for hydroxylation is 1. The Morgan fingerprint density at radius 3 is 2.80 bits per heavy atom. The quantitative estimate of drug-likeness (QED) is 0.677. The summed E-state index contributed by atoms with van der Waals surface area (Å²) in [4.78, 5) is 14.7. The molecule has 1 aromatic heterocycles. The highest BCUT2D eigenvalue weighted by molar-refractivity contribution is 9.10. The van der Waals surface area contributed by atoms with Crippen LogP contribution in [0.15, 0.2) is 34.9 Å². The molecule has 0 saturated carbocycles. The number of halogens is 1. The minimum Gasteiger partial charge on any atom is -0.480 e. The SMILES string of the molecule is COc1ncccc1Nc1cc(Br)c(C)cc1[N+](=O)[O-]. The number of hydrogen-bond donors (Lipinski definition) is 1. The van der Waals surface area contributed by atoms with E-state index in [2.05, 4.69) is 26.2 Å². The Bertz CT molecular complexity index is 661. The molecule has 6 nitrogen and oxygen atoms in total. The maximum atomic E-state index is 11.1. The van der Waals surface area contributed by atoms with E-state index in [0.29, 0.717) is 17.3 Å². The second-order valence-electron chi connectivity index (χ2n) is 4.06. The smallest absolute Gasteiger partial charge is 0.293 e. The third-order valence-corrected chi connectivity index (χ3v) is 3.56. The van der Waals surface area contributed by atoms with Crippen molar-refractivity contribution in [3.05, 3.63) is 50.6 Å². The van der Waals surface area contributed by atoms with Crippen LogP contribution < -0.4 is 10.1 Å². The molecule has 0 aliphatic heterocycles. The van der Waals surface area contributed by atoms with Crippen molar-refractivity contribution in [2.24, 2.45) is 0 Å². The maximum absolute atomic E-state index is 11.1. The van der Waals surface area contributed by atoms with E-state index in [0.717, 1.165) is 10.0 Å². The van der Waals surface area contributed by atoms with Crippen LogP contribution in [0.4, 0.5) is 17.1 Å². The summed E-state index contributed by atoms with van der Waals surface area (Å²) in [6.07, 6.45) is 1.59. The van der Waals surface area contributed by atoms with Gasteiger partial charge in [0.25, 0.3) is 5.69 Å². The van der Waals surface area contributed by atoms with Gasteiger partial charge in [-0.15, -0.1) is 0 Å². The second-order valence-corrected chi connectivity index (χ2v) is 4.92. The Balaban J connectivity index is 2.47. The number of hydrogen-bond acceptors (Lipinski definition) is 5. The van der Waals surface area contributed by atoms with Gasteiger partial charge in [-0.1, -0.05) is 15.9 Å². The van der Waals surface area contributed by atoms with Gasteiger partial charge in [0.15, 0.2) is 0 Å². The molecule has 0 amide bonds. The Labute approximate surface area is 124 Å². The average molecular weight is 338 g/mol. The van der Waals surface area contributed by atoms with Crippen LogP contribution >= 0.6 is 15.9 Å². The molecule has 7 heteroatoms. The van der Waals surface area contributed by atoms with E-state index in [1.807, 2.05) is 0 Å². The zero-order valence-electron chi connectivity index (χ0n) is 10.9. The van der Waals surface area contributed by atoms with Gasteiger partial charge >= 0.3 is 0 Å². The molecule has 1 aromatic carbocycles. The molecule has 0 fully saturated rings. The molecule has 0 aliphatic rings. The number of anilines is 2. The van der Waals surface area contributed by atoms with Crippen LogP contribution in [0.5, 0.6) is 5.88 Å². The highest BCUT2D eigenvalue weighted by atomic mass is 79.9. The number of nitro groups is 1. The highest BCUT2D eigenvalue weighted by Gasteiger charge is 2.17. The molecule has 1 heterocycles. The normalized spacial score (nSPS) is 10.2. The monoisotopic (exact) mass is 337 g/mol. The standard InChI is InChI=1S/C13H12BrN3O3/c1-8-6-12(17(18)19)11(7-9(8)14)16-10-4-3-5-15-13(10)20-2/h3-7,16H,1-2H3. The van der Waals surface area contributed by atoms with Gasteiger partial charge in [0.1, 0.15) is 11.4 Å². The Hall–Kier alpha value is -2.15. The molecular formula is C13H12BrN3O3. The first-order chi connectivity index (χ1) is 9.52. The Morgan fingerprint density at radius 1 is 1.40 bits per heavy atom. The van der Waals surface area contributed by atoms with E-state index in [1.54, 1.807) is 31.3 Å². The molecule has 0 spiro atoms. The predicted octanol–water partition coefficient (Wildman–Crippen LogP) is 3.81. The lowest BCUT2D eigenvalue weighted by atomic mass is 10.2.